The summed E-state index contributed by atoms with van der Waals surface area (Å²) < 4.78 is 11.6. The summed E-state index contributed by atoms with van der Waals surface area (Å²) in [5.74, 6) is 1.23. The average molecular weight is 347 g/mol. The number of unbranched alkanes of at least 4 members (excludes halogenated alkanes) is 1. The minimum atomic E-state index is 0. The summed E-state index contributed by atoms with van der Waals surface area (Å²) in [6.45, 7) is 1.75. The fourth-order valence-corrected chi connectivity index (χ4v) is 2.65. The summed E-state index contributed by atoms with van der Waals surface area (Å²) in [6, 6.07) is 0. The maximum atomic E-state index is 5.82. The van der Waals surface area contributed by atoms with Crippen molar-refractivity contribution in [1.29, 1.82) is 0 Å². The predicted molar refractivity (Wildman–Crippen MR) is 74.0 cm³/mol. The minimum absolute atomic E-state index is 0. The first-order chi connectivity index (χ1) is 8.95. The molecule has 0 saturated heterocycles. The molecule has 0 aliphatic heterocycles. The molecule has 110 valence electrons. The summed E-state index contributed by atoms with van der Waals surface area (Å²) >= 11 is 0. The average Bonchev–Trinajstić information content (AvgIpc) is 2.45. The molecule has 19 heavy (non-hydrogen) atoms. The second kappa shape index (κ2) is 10.9. The molecule has 2 aliphatic rings. The normalized spacial score (nSPS) is 20.5. The third-order valence-electron chi connectivity index (χ3n) is 3.79. The second-order valence-corrected chi connectivity index (χ2v) is 5.42. The van der Waals surface area contributed by atoms with E-state index in [2.05, 4.69) is 6.08 Å². The minimum Gasteiger partial charge on any atom is -0.549 e. The molecule has 0 radical (unpaired) electrons. The van der Waals surface area contributed by atoms with Gasteiger partial charge in [-0.05, 0) is 38.2 Å². The van der Waals surface area contributed by atoms with Crippen LogP contribution in [0.4, 0.5) is 0 Å². The van der Waals surface area contributed by atoms with E-state index in [9.17, 15) is 0 Å². The van der Waals surface area contributed by atoms with Crippen LogP contribution in [0, 0.1) is 6.10 Å². The quantitative estimate of drug-likeness (QED) is 0.376. The van der Waals surface area contributed by atoms with E-state index in [-0.39, 0.29) is 21.1 Å². The second-order valence-electron chi connectivity index (χ2n) is 5.42. The molecule has 1 saturated carbocycles. The SMILES string of the molecule is C1=C(OCCCCO[C-]2CCCCC2)CCCC1.[Mo]. The van der Waals surface area contributed by atoms with E-state index in [4.69, 9.17) is 9.47 Å². The first-order valence-electron chi connectivity index (χ1n) is 7.74. The van der Waals surface area contributed by atoms with Crippen LogP contribution in [-0.2, 0) is 30.5 Å². The first-order valence-corrected chi connectivity index (χ1v) is 7.74. The van der Waals surface area contributed by atoms with E-state index < -0.39 is 0 Å². The van der Waals surface area contributed by atoms with Crippen LogP contribution in [0.1, 0.15) is 70.6 Å². The Morgan fingerprint density at radius 1 is 0.947 bits per heavy atom. The van der Waals surface area contributed by atoms with Gasteiger partial charge in [0, 0.05) is 34.1 Å². The van der Waals surface area contributed by atoms with Gasteiger partial charge in [0.1, 0.15) is 0 Å². The Hall–Kier alpha value is 0.188. The monoisotopic (exact) mass is 349 g/mol. The van der Waals surface area contributed by atoms with E-state index in [1.54, 1.807) is 0 Å². The molecular weight excluding hydrogens is 320 g/mol. The molecule has 0 bridgehead atoms. The van der Waals surface area contributed by atoms with Gasteiger partial charge in [0.25, 0.3) is 0 Å². The van der Waals surface area contributed by atoms with Crippen LogP contribution in [0.3, 0.4) is 0 Å². The molecule has 0 atom stereocenters. The summed E-state index contributed by atoms with van der Waals surface area (Å²) in [5.41, 5.74) is 0. The molecule has 0 aromatic heterocycles. The van der Waals surface area contributed by atoms with Crippen molar-refractivity contribution in [2.75, 3.05) is 13.2 Å². The van der Waals surface area contributed by atoms with Gasteiger partial charge < -0.3 is 9.47 Å². The molecule has 0 heterocycles. The van der Waals surface area contributed by atoms with Gasteiger partial charge in [0.05, 0.1) is 12.4 Å². The van der Waals surface area contributed by atoms with Crippen LogP contribution in [0.2, 0.25) is 0 Å². The van der Waals surface area contributed by atoms with Crippen LogP contribution < -0.4 is 0 Å². The zero-order valence-electron chi connectivity index (χ0n) is 12.0. The molecule has 0 amide bonds. The summed E-state index contributed by atoms with van der Waals surface area (Å²) in [4.78, 5) is 0. The Bertz CT molecular complexity index is 247. The van der Waals surface area contributed by atoms with Crippen molar-refractivity contribution in [3.63, 3.8) is 0 Å². The third kappa shape index (κ3) is 7.51. The Kier molecular flexibility index (Phi) is 9.90. The van der Waals surface area contributed by atoms with Crippen molar-refractivity contribution in [3.8, 4) is 0 Å². The molecule has 2 nitrogen and oxygen atoms in total. The van der Waals surface area contributed by atoms with Gasteiger partial charge in [0.2, 0.25) is 0 Å². The molecule has 2 rings (SSSR count). The molecule has 0 spiro atoms. The van der Waals surface area contributed by atoms with Crippen molar-refractivity contribution >= 4 is 0 Å². The van der Waals surface area contributed by atoms with Gasteiger partial charge in [-0.1, -0.05) is 19.3 Å². The van der Waals surface area contributed by atoms with Crippen LogP contribution in [-0.4, -0.2) is 13.2 Å². The van der Waals surface area contributed by atoms with Crippen molar-refractivity contribution in [1.82, 2.24) is 0 Å². The van der Waals surface area contributed by atoms with Gasteiger partial charge in [-0.3, -0.25) is 0 Å². The Morgan fingerprint density at radius 3 is 2.47 bits per heavy atom. The van der Waals surface area contributed by atoms with Crippen LogP contribution in [0.25, 0.3) is 0 Å². The molecule has 1 fully saturated rings. The molecule has 3 heteroatoms. The summed E-state index contributed by atoms with van der Waals surface area (Å²) in [5, 5.41) is 0. The largest absolute Gasteiger partial charge is 0.549 e. The van der Waals surface area contributed by atoms with Crippen molar-refractivity contribution in [3.05, 3.63) is 17.9 Å². The van der Waals surface area contributed by atoms with Crippen LogP contribution in [0.5, 0.6) is 0 Å². The maximum absolute atomic E-state index is 5.82. The van der Waals surface area contributed by atoms with Gasteiger partial charge in [-0.15, -0.1) is 0 Å². The summed E-state index contributed by atoms with van der Waals surface area (Å²) in [6.07, 6.45) is 17.3. The first kappa shape index (κ1) is 17.2. The zero-order chi connectivity index (χ0) is 12.5. The number of ether oxygens (including phenoxy) is 2. The molecular formula is C16H27MoO2-. The number of allylic oxidation sites excluding steroid dienone is 2. The van der Waals surface area contributed by atoms with E-state index in [1.165, 1.54) is 63.2 Å². The number of hydrogen-bond acceptors (Lipinski definition) is 2. The fourth-order valence-electron chi connectivity index (χ4n) is 2.65. The van der Waals surface area contributed by atoms with E-state index in [0.29, 0.717) is 0 Å². The maximum Gasteiger partial charge on any atom is 0.0919 e. The zero-order valence-corrected chi connectivity index (χ0v) is 14.0. The molecule has 0 unspecified atom stereocenters. The fraction of sp³-hybridized carbons (Fsp3) is 0.812. The predicted octanol–water partition coefficient (Wildman–Crippen LogP) is 4.75. The smallest absolute Gasteiger partial charge is 0.0919 e. The Balaban J connectivity index is 0.00000180. The van der Waals surface area contributed by atoms with Gasteiger partial charge in [-0.2, -0.15) is 18.9 Å². The third-order valence-corrected chi connectivity index (χ3v) is 3.79. The Morgan fingerprint density at radius 2 is 1.74 bits per heavy atom. The van der Waals surface area contributed by atoms with E-state index in [1.807, 2.05) is 0 Å². The van der Waals surface area contributed by atoms with Crippen molar-refractivity contribution < 1.29 is 30.5 Å². The van der Waals surface area contributed by atoms with Crippen LogP contribution >= 0.6 is 0 Å². The van der Waals surface area contributed by atoms with Crippen molar-refractivity contribution in [2.45, 2.75) is 70.6 Å². The molecule has 2 aliphatic carbocycles. The molecule has 0 N–H and O–H groups in total. The number of hydrogen-bond donors (Lipinski definition) is 0. The van der Waals surface area contributed by atoms with E-state index in [0.717, 1.165) is 32.5 Å². The molecule has 0 aromatic carbocycles. The van der Waals surface area contributed by atoms with Gasteiger partial charge in [-0.25, -0.2) is 0 Å². The van der Waals surface area contributed by atoms with E-state index >= 15 is 0 Å². The van der Waals surface area contributed by atoms with Crippen LogP contribution in [0.15, 0.2) is 11.8 Å². The summed E-state index contributed by atoms with van der Waals surface area (Å²) in [7, 11) is 0. The topological polar surface area (TPSA) is 18.5 Å². The molecule has 0 aromatic rings. The van der Waals surface area contributed by atoms with Gasteiger partial charge in [0.15, 0.2) is 0 Å². The Labute approximate surface area is 132 Å². The van der Waals surface area contributed by atoms with Gasteiger partial charge >= 0.3 is 0 Å². The number of rotatable bonds is 7. The van der Waals surface area contributed by atoms with Crippen molar-refractivity contribution in [2.24, 2.45) is 0 Å². The standard InChI is InChI=1S/C16H27O2.Mo/c1-3-9-15(10-4-1)17-13-7-8-14-18-16-11-5-2-6-12-16;/h9H,1-8,10-14H2;/q-1;.